The summed E-state index contributed by atoms with van der Waals surface area (Å²) in [6.07, 6.45) is 0.716. The first kappa shape index (κ1) is 14.4. The smallest absolute Gasteiger partial charge is 0.260 e. The summed E-state index contributed by atoms with van der Waals surface area (Å²) in [5.74, 6) is 0.762. The van der Waals surface area contributed by atoms with Gasteiger partial charge in [-0.25, -0.2) is 0 Å². The van der Waals surface area contributed by atoms with E-state index < -0.39 is 6.10 Å². The Hall–Kier alpha value is -2.06. The van der Waals surface area contributed by atoms with Gasteiger partial charge in [-0.3, -0.25) is 4.79 Å². The highest BCUT2D eigenvalue weighted by Crippen LogP contribution is 2.26. The lowest BCUT2D eigenvalue weighted by Crippen LogP contribution is -2.42. The number of benzene rings is 1. The van der Waals surface area contributed by atoms with Crippen LogP contribution in [0.5, 0.6) is 5.75 Å². The summed E-state index contributed by atoms with van der Waals surface area (Å²) in [5, 5.41) is 20.7. The van der Waals surface area contributed by atoms with Crippen molar-refractivity contribution >= 4 is 5.91 Å². The Morgan fingerprint density at radius 3 is 2.70 bits per heavy atom. The first-order valence-corrected chi connectivity index (χ1v) is 6.71. The second-order valence-corrected chi connectivity index (χ2v) is 5.13. The molecule has 5 nitrogen and oxygen atoms in total. The SMILES string of the molecule is CC(Oc1ccc(C#N)cc1)C(=O)NCC1CC(O)C1. The molecule has 1 aliphatic carbocycles. The Balaban J connectivity index is 1.76. The van der Waals surface area contributed by atoms with Crippen LogP contribution in [0.15, 0.2) is 24.3 Å². The molecule has 0 aromatic heterocycles. The van der Waals surface area contributed by atoms with E-state index in [1.165, 1.54) is 0 Å². The molecule has 1 aromatic rings. The summed E-state index contributed by atoms with van der Waals surface area (Å²) in [4.78, 5) is 11.8. The Morgan fingerprint density at radius 1 is 1.50 bits per heavy atom. The third kappa shape index (κ3) is 3.72. The zero-order valence-corrected chi connectivity index (χ0v) is 11.4. The maximum Gasteiger partial charge on any atom is 0.260 e. The maximum absolute atomic E-state index is 11.8. The van der Waals surface area contributed by atoms with E-state index in [1.54, 1.807) is 31.2 Å². The van der Waals surface area contributed by atoms with Crippen molar-refractivity contribution in [3.8, 4) is 11.8 Å². The topological polar surface area (TPSA) is 82.3 Å². The molecule has 106 valence electrons. The van der Waals surface area contributed by atoms with Gasteiger partial charge in [0.15, 0.2) is 6.10 Å². The molecule has 0 radical (unpaired) electrons. The van der Waals surface area contributed by atoms with Gasteiger partial charge in [-0.1, -0.05) is 0 Å². The van der Waals surface area contributed by atoms with Gasteiger partial charge in [-0.15, -0.1) is 0 Å². The van der Waals surface area contributed by atoms with Crippen LogP contribution in [0.2, 0.25) is 0 Å². The van der Waals surface area contributed by atoms with Crippen molar-refractivity contribution in [1.82, 2.24) is 5.32 Å². The molecule has 1 amide bonds. The molecule has 0 spiro atoms. The Kier molecular flexibility index (Phi) is 4.59. The molecule has 1 saturated carbocycles. The number of aliphatic hydroxyl groups is 1. The lowest BCUT2D eigenvalue weighted by atomic mass is 9.82. The van der Waals surface area contributed by atoms with Gasteiger partial charge in [0.2, 0.25) is 0 Å². The van der Waals surface area contributed by atoms with Gasteiger partial charge in [-0.2, -0.15) is 5.26 Å². The summed E-state index contributed by atoms with van der Waals surface area (Å²) >= 11 is 0. The second kappa shape index (κ2) is 6.40. The molecule has 0 saturated heterocycles. The molecule has 1 fully saturated rings. The lowest BCUT2D eigenvalue weighted by Gasteiger charge is -2.31. The van der Waals surface area contributed by atoms with Crippen LogP contribution in [-0.2, 0) is 4.79 Å². The summed E-state index contributed by atoms with van der Waals surface area (Å²) in [6, 6.07) is 8.66. The van der Waals surface area contributed by atoms with Crippen molar-refractivity contribution in [2.45, 2.75) is 32.0 Å². The highest BCUT2D eigenvalue weighted by molar-refractivity contribution is 5.80. The minimum atomic E-state index is -0.590. The lowest BCUT2D eigenvalue weighted by molar-refractivity contribution is -0.127. The van der Waals surface area contributed by atoms with Crippen LogP contribution in [0.3, 0.4) is 0 Å². The maximum atomic E-state index is 11.8. The number of carbonyl (C=O) groups excluding carboxylic acids is 1. The third-order valence-corrected chi connectivity index (χ3v) is 3.44. The monoisotopic (exact) mass is 274 g/mol. The standard InChI is InChI=1S/C15H18N2O3/c1-10(15(19)17-9-12-6-13(18)7-12)20-14-4-2-11(8-16)3-5-14/h2-5,10,12-13,18H,6-7,9H2,1H3,(H,17,19). The predicted molar refractivity (Wildman–Crippen MR) is 73.0 cm³/mol. The zero-order chi connectivity index (χ0) is 14.5. The first-order valence-electron chi connectivity index (χ1n) is 6.71. The quantitative estimate of drug-likeness (QED) is 0.845. The number of ether oxygens (including phenoxy) is 1. The van der Waals surface area contributed by atoms with E-state index in [4.69, 9.17) is 10.00 Å². The van der Waals surface area contributed by atoms with Crippen LogP contribution < -0.4 is 10.1 Å². The molecule has 1 aromatic carbocycles. The number of rotatable bonds is 5. The number of hydrogen-bond acceptors (Lipinski definition) is 4. The van der Waals surface area contributed by atoms with Gasteiger partial charge in [0.25, 0.3) is 5.91 Å². The summed E-state index contributed by atoms with van der Waals surface area (Å²) < 4.78 is 5.51. The molecule has 0 aliphatic heterocycles. The molecule has 0 heterocycles. The fraction of sp³-hybridized carbons (Fsp3) is 0.467. The second-order valence-electron chi connectivity index (χ2n) is 5.13. The molecular weight excluding hydrogens is 256 g/mol. The van der Waals surface area contributed by atoms with Gasteiger partial charge < -0.3 is 15.2 Å². The van der Waals surface area contributed by atoms with E-state index in [1.807, 2.05) is 6.07 Å². The Morgan fingerprint density at radius 2 is 2.15 bits per heavy atom. The van der Waals surface area contributed by atoms with Crippen molar-refractivity contribution in [2.24, 2.45) is 5.92 Å². The van der Waals surface area contributed by atoms with E-state index >= 15 is 0 Å². The molecule has 20 heavy (non-hydrogen) atoms. The molecular formula is C15H18N2O3. The van der Waals surface area contributed by atoms with Crippen LogP contribution in [0.1, 0.15) is 25.3 Å². The molecule has 2 N–H and O–H groups in total. The van der Waals surface area contributed by atoms with Crippen LogP contribution in [0.25, 0.3) is 0 Å². The van der Waals surface area contributed by atoms with Gasteiger partial charge in [0.1, 0.15) is 5.75 Å². The largest absolute Gasteiger partial charge is 0.481 e. The van der Waals surface area contributed by atoms with Gasteiger partial charge in [0.05, 0.1) is 17.7 Å². The fourth-order valence-corrected chi connectivity index (χ4v) is 2.12. The normalized spacial score (nSPS) is 22.2. The van der Waals surface area contributed by atoms with Crippen molar-refractivity contribution in [3.63, 3.8) is 0 Å². The van der Waals surface area contributed by atoms with Crippen LogP contribution >= 0.6 is 0 Å². The Bertz CT molecular complexity index is 501. The first-order chi connectivity index (χ1) is 9.58. The fourth-order valence-electron chi connectivity index (χ4n) is 2.12. The molecule has 5 heteroatoms. The van der Waals surface area contributed by atoms with Crippen molar-refractivity contribution in [3.05, 3.63) is 29.8 Å². The molecule has 0 bridgehead atoms. The molecule has 2 rings (SSSR count). The number of nitriles is 1. The zero-order valence-electron chi connectivity index (χ0n) is 11.4. The van der Waals surface area contributed by atoms with E-state index in [-0.39, 0.29) is 12.0 Å². The van der Waals surface area contributed by atoms with Gasteiger partial charge >= 0.3 is 0 Å². The summed E-state index contributed by atoms with van der Waals surface area (Å²) in [6.45, 7) is 2.26. The number of aliphatic hydroxyl groups excluding tert-OH is 1. The van der Waals surface area contributed by atoms with E-state index in [0.29, 0.717) is 23.8 Å². The predicted octanol–water partition coefficient (Wildman–Crippen LogP) is 1.21. The van der Waals surface area contributed by atoms with Crippen LogP contribution in [-0.4, -0.2) is 29.8 Å². The van der Waals surface area contributed by atoms with E-state index in [2.05, 4.69) is 5.32 Å². The number of amides is 1. The molecule has 1 unspecified atom stereocenters. The molecule has 1 atom stereocenters. The average Bonchev–Trinajstić information content (AvgIpc) is 2.42. The number of hydrogen-bond donors (Lipinski definition) is 2. The molecule has 1 aliphatic rings. The number of nitrogens with zero attached hydrogens (tertiary/aromatic N) is 1. The van der Waals surface area contributed by atoms with Crippen LogP contribution in [0.4, 0.5) is 0 Å². The van der Waals surface area contributed by atoms with E-state index in [9.17, 15) is 9.90 Å². The van der Waals surface area contributed by atoms with Gasteiger partial charge in [0, 0.05) is 6.54 Å². The van der Waals surface area contributed by atoms with Crippen LogP contribution in [0, 0.1) is 17.2 Å². The summed E-state index contributed by atoms with van der Waals surface area (Å²) in [7, 11) is 0. The minimum absolute atomic E-state index is 0.171. The number of carbonyl (C=O) groups is 1. The highest BCUT2D eigenvalue weighted by Gasteiger charge is 2.27. The summed E-state index contributed by atoms with van der Waals surface area (Å²) in [5.41, 5.74) is 0.554. The minimum Gasteiger partial charge on any atom is -0.481 e. The van der Waals surface area contributed by atoms with Crippen molar-refractivity contribution < 1.29 is 14.6 Å². The highest BCUT2D eigenvalue weighted by atomic mass is 16.5. The number of nitrogens with one attached hydrogen (secondary N) is 1. The van der Waals surface area contributed by atoms with E-state index in [0.717, 1.165) is 12.8 Å². The third-order valence-electron chi connectivity index (χ3n) is 3.44. The van der Waals surface area contributed by atoms with Crippen molar-refractivity contribution in [1.29, 1.82) is 5.26 Å². The average molecular weight is 274 g/mol. The van der Waals surface area contributed by atoms with Gasteiger partial charge in [-0.05, 0) is 49.9 Å². The Labute approximate surface area is 118 Å². The van der Waals surface area contributed by atoms with Crippen molar-refractivity contribution in [2.75, 3.05) is 6.54 Å².